The molecule has 0 heterocycles. The zero-order chi connectivity index (χ0) is 14.2. The third-order valence-electron chi connectivity index (χ3n) is 3.19. The molecule has 0 aliphatic heterocycles. The summed E-state index contributed by atoms with van der Waals surface area (Å²) in [7, 11) is 0. The van der Waals surface area contributed by atoms with E-state index in [2.05, 4.69) is 6.07 Å². The Hall–Kier alpha value is -1.84. The first-order chi connectivity index (χ1) is 9.78. The number of aliphatic hydroxyl groups excluding tert-OH is 1. The highest BCUT2D eigenvalue weighted by Gasteiger charge is 2.02. The van der Waals surface area contributed by atoms with Crippen molar-refractivity contribution in [3.05, 3.63) is 65.7 Å². The molecule has 3 N–H and O–H groups in total. The topological polar surface area (TPSA) is 55.5 Å². The van der Waals surface area contributed by atoms with E-state index >= 15 is 0 Å². The van der Waals surface area contributed by atoms with Gasteiger partial charge in [0.05, 0.1) is 6.61 Å². The molecule has 3 heteroatoms. The fourth-order valence-corrected chi connectivity index (χ4v) is 1.98. The van der Waals surface area contributed by atoms with Crippen molar-refractivity contribution in [2.45, 2.75) is 25.5 Å². The SMILES string of the molecule is N[C@H](CO)CCc1cccc(OCc2ccccc2)c1. The number of hydrogen-bond acceptors (Lipinski definition) is 3. The van der Waals surface area contributed by atoms with Crippen molar-refractivity contribution in [2.24, 2.45) is 5.73 Å². The van der Waals surface area contributed by atoms with Crippen LogP contribution in [-0.4, -0.2) is 17.8 Å². The van der Waals surface area contributed by atoms with Crippen molar-refractivity contribution >= 4 is 0 Å². The van der Waals surface area contributed by atoms with E-state index in [0.29, 0.717) is 6.61 Å². The summed E-state index contributed by atoms with van der Waals surface area (Å²) in [6.45, 7) is 0.602. The molecular formula is C17H21NO2. The Labute approximate surface area is 120 Å². The van der Waals surface area contributed by atoms with Crippen LogP contribution in [0.3, 0.4) is 0 Å². The van der Waals surface area contributed by atoms with Crippen LogP contribution in [0.15, 0.2) is 54.6 Å². The van der Waals surface area contributed by atoms with Crippen LogP contribution in [-0.2, 0) is 13.0 Å². The minimum atomic E-state index is -0.149. The highest BCUT2D eigenvalue weighted by atomic mass is 16.5. The molecule has 2 aromatic rings. The van der Waals surface area contributed by atoms with Crippen molar-refractivity contribution in [3.63, 3.8) is 0 Å². The maximum absolute atomic E-state index is 8.93. The number of benzene rings is 2. The molecule has 2 rings (SSSR count). The van der Waals surface area contributed by atoms with Crippen molar-refractivity contribution in [1.29, 1.82) is 0 Å². The summed E-state index contributed by atoms with van der Waals surface area (Å²) in [5.41, 5.74) is 8.05. The Bertz CT molecular complexity index is 513. The van der Waals surface area contributed by atoms with E-state index in [1.54, 1.807) is 0 Å². The van der Waals surface area contributed by atoms with Crippen LogP contribution in [0.4, 0.5) is 0 Å². The largest absolute Gasteiger partial charge is 0.489 e. The Morgan fingerprint density at radius 1 is 1.00 bits per heavy atom. The van der Waals surface area contributed by atoms with Crippen molar-refractivity contribution < 1.29 is 9.84 Å². The normalized spacial score (nSPS) is 12.1. The lowest BCUT2D eigenvalue weighted by Gasteiger charge is -2.10. The fraction of sp³-hybridized carbons (Fsp3) is 0.294. The molecule has 0 unspecified atom stereocenters. The standard InChI is InChI=1S/C17H21NO2/c18-16(12-19)10-9-14-7-4-8-17(11-14)20-13-15-5-2-1-3-6-15/h1-8,11,16,19H,9-10,12-13,18H2/t16-/m0/s1. The van der Waals surface area contributed by atoms with Crippen LogP contribution in [0.25, 0.3) is 0 Å². The van der Waals surface area contributed by atoms with E-state index < -0.39 is 0 Å². The van der Waals surface area contributed by atoms with Crippen LogP contribution in [0.1, 0.15) is 17.5 Å². The highest BCUT2D eigenvalue weighted by Crippen LogP contribution is 2.16. The van der Waals surface area contributed by atoms with Gasteiger partial charge in [0.2, 0.25) is 0 Å². The number of aryl methyl sites for hydroxylation is 1. The molecule has 0 aliphatic carbocycles. The maximum atomic E-state index is 8.93. The van der Waals surface area contributed by atoms with Gasteiger partial charge >= 0.3 is 0 Å². The molecule has 0 spiro atoms. The van der Waals surface area contributed by atoms with E-state index in [0.717, 1.165) is 24.2 Å². The summed E-state index contributed by atoms with van der Waals surface area (Å²) >= 11 is 0. The molecule has 3 nitrogen and oxygen atoms in total. The van der Waals surface area contributed by atoms with Gasteiger partial charge in [-0.15, -0.1) is 0 Å². The summed E-state index contributed by atoms with van der Waals surface area (Å²) in [4.78, 5) is 0. The minimum Gasteiger partial charge on any atom is -0.489 e. The van der Waals surface area contributed by atoms with E-state index in [1.165, 1.54) is 5.56 Å². The quantitative estimate of drug-likeness (QED) is 0.813. The van der Waals surface area contributed by atoms with Gasteiger partial charge in [-0.3, -0.25) is 0 Å². The molecule has 0 amide bonds. The van der Waals surface area contributed by atoms with Gasteiger partial charge in [-0.05, 0) is 36.1 Å². The lowest BCUT2D eigenvalue weighted by atomic mass is 10.1. The van der Waals surface area contributed by atoms with Crippen LogP contribution < -0.4 is 10.5 Å². The molecule has 0 fully saturated rings. The molecule has 0 saturated carbocycles. The van der Waals surface area contributed by atoms with Crippen molar-refractivity contribution in [2.75, 3.05) is 6.61 Å². The summed E-state index contributed by atoms with van der Waals surface area (Å²) in [5.74, 6) is 0.865. The average Bonchev–Trinajstić information content (AvgIpc) is 2.52. The number of ether oxygens (including phenoxy) is 1. The first-order valence-electron chi connectivity index (χ1n) is 6.90. The van der Waals surface area contributed by atoms with Crippen LogP contribution in [0, 0.1) is 0 Å². The first kappa shape index (κ1) is 14.6. The molecule has 1 atom stereocenters. The number of aliphatic hydroxyl groups is 1. The van der Waals surface area contributed by atoms with Gasteiger partial charge in [0.15, 0.2) is 0 Å². The van der Waals surface area contributed by atoms with Gasteiger partial charge in [-0.1, -0.05) is 42.5 Å². The van der Waals surface area contributed by atoms with Gasteiger partial charge < -0.3 is 15.6 Å². The van der Waals surface area contributed by atoms with E-state index in [4.69, 9.17) is 15.6 Å². The summed E-state index contributed by atoms with van der Waals surface area (Å²) < 4.78 is 5.79. The second kappa shape index (κ2) is 7.68. The number of rotatable bonds is 7. The second-order valence-electron chi connectivity index (χ2n) is 4.90. The zero-order valence-corrected chi connectivity index (χ0v) is 11.5. The third kappa shape index (κ3) is 4.68. The van der Waals surface area contributed by atoms with Crippen LogP contribution in [0.5, 0.6) is 5.75 Å². The third-order valence-corrected chi connectivity index (χ3v) is 3.19. The first-order valence-corrected chi connectivity index (χ1v) is 6.90. The molecule has 106 valence electrons. The average molecular weight is 271 g/mol. The minimum absolute atomic E-state index is 0.0319. The predicted octanol–water partition coefficient (Wildman–Crippen LogP) is 2.52. The predicted molar refractivity (Wildman–Crippen MR) is 80.6 cm³/mol. The van der Waals surface area contributed by atoms with Gasteiger partial charge in [0.1, 0.15) is 12.4 Å². The molecule has 0 radical (unpaired) electrons. The van der Waals surface area contributed by atoms with Gasteiger partial charge in [0.25, 0.3) is 0 Å². The lowest BCUT2D eigenvalue weighted by Crippen LogP contribution is -2.24. The smallest absolute Gasteiger partial charge is 0.120 e. The Morgan fingerprint density at radius 3 is 2.50 bits per heavy atom. The summed E-state index contributed by atoms with van der Waals surface area (Å²) in [6.07, 6.45) is 1.63. The summed E-state index contributed by atoms with van der Waals surface area (Å²) in [5, 5.41) is 8.93. The molecule has 2 aromatic carbocycles. The Kier molecular flexibility index (Phi) is 5.59. The van der Waals surface area contributed by atoms with E-state index in [-0.39, 0.29) is 12.6 Å². The van der Waals surface area contributed by atoms with Gasteiger partial charge in [-0.25, -0.2) is 0 Å². The van der Waals surface area contributed by atoms with E-state index in [1.807, 2.05) is 48.5 Å². The molecule has 0 saturated heterocycles. The van der Waals surface area contributed by atoms with Crippen molar-refractivity contribution in [1.82, 2.24) is 0 Å². The van der Waals surface area contributed by atoms with Gasteiger partial charge in [-0.2, -0.15) is 0 Å². The highest BCUT2D eigenvalue weighted by molar-refractivity contribution is 5.29. The van der Waals surface area contributed by atoms with Crippen molar-refractivity contribution in [3.8, 4) is 5.75 Å². The zero-order valence-electron chi connectivity index (χ0n) is 11.5. The Morgan fingerprint density at radius 2 is 1.75 bits per heavy atom. The number of hydrogen-bond donors (Lipinski definition) is 2. The molecular weight excluding hydrogens is 250 g/mol. The number of nitrogens with two attached hydrogens (primary N) is 1. The molecule has 0 aromatic heterocycles. The monoisotopic (exact) mass is 271 g/mol. The second-order valence-corrected chi connectivity index (χ2v) is 4.90. The summed E-state index contributed by atoms with van der Waals surface area (Å²) in [6, 6.07) is 18.0. The molecule has 0 bridgehead atoms. The fourth-order valence-electron chi connectivity index (χ4n) is 1.98. The lowest BCUT2D eigenvalue weighted by molar-refractivity contribution is 0.260. The van der Waals surface area contributed by atoms with Crippen LogP contribution >= 0.6 is 0 Å². The maximum Gasteiger partial charge on any atom is 0.120 e. The molecule has 0 aliphatic rings. The van der Waals surface area contributed by atoms with Crippen LogP contribution in [0.2, 0.25) is 0 Å². The Balaban J connectivity index is 1.89. The molecule has 20 heavy (non-hydrogen) atoms. The van der Waals surface area contributed by atoms with Gasteiger partial charge in [0, 0.05) is 6.04 Å². The van der Waals surface area contributed by atoms with E-state index in [9.17, 15) is 0 Å².